The Morgan fingerprint density at radius 3 is 2.36 bits per heavy atom. The van der Waals surface area contributed by atoms with E-state index in [0.29, 0.717) is 6.61 Å². The molecule has 2 bridgehead atoms. The van der Waals surface area contributed by atoms with Crippen LogP contribution >= 0.6 is 0 Å². The lowest BCUT2D eigenvalue weighted by atomic mass is 9.84. The zero-order valence-electron chi connectivity index (χ0n) is 18.8. The fourth-order valence-electron chi connectivity index (χ4n) is 5.74. The largest absolute Gasteiger partial charge is 0.448 e. The van der Waals surface area contributed by atoms with Crippen LogP contribution in [0.2, 0.25) is 0 Å². The minimum absolute atomic E-state index is 0.0613. The first-order valence-corrected chi connectivity index (χ1v) is 11.8. The maximum Gasteiger partial charge on any atom is 0.410 e. The van der Waals surface area contributed by atoms with Crippen molar-refractivity contribution in [3.8, 4) is 11.1 Å². The molecule has 1 amide bonds. The van der Waals surface area contributed by atoms with Crippen LogP contribution in [-0.4, -0.2) is 39.9 Å². The summed E-state index contributed by atoms with van der Waals surface area (Å²) in [5.74, 6) is 0.0833. The van der Waals surface area contributed by atoms with E-state index >= 15 is 0 Å². The van der Waals surface area contributed by atoms with Crippen molar-refractivity contribution in [2.75, 3.05) is 6.61 Å². The molecule has 1 fully saturated rings. The zero-order valence-corrected chi connectivity index (χ0v) is 18.8. The van der Waals surface area contributed by atoms with Crippen molar-refractivity contribution in [2.45, 2.75) is 50.6 Å². The highest BCUT2D eigenvalue weighted by Crippen LogP contribution is 2.45. The van der Waals surface area contributed by atoms with Crippen molar-refractivity contribution in [3.05, 3.63) is 89.3 Å². The molecule has 3 aliphatic rings. The molecule has 1 aromatic heterocycles. The fourth-order valence-corrected chi connectivity index (χ4v) is 5.74. The highest BCUT2D eigenvalue weighted by Gasteiger charge is 2.39. The molecule has 2 aliphatic heterocycles. The maximum atomic E-state index is 13.3. The van der Waals surface area contributed by atoms with Gasteiger partial charge in [0.05, 0.1) is 17.4 Å². The average Bonchev–Trinajstić information content (AvgIpc) is 3.16. The van der Waals surface area contributed by atoms with Gasteiger partial charge in [0, 0.05) is 12.0 Å². The predicted octanol–water partition coefficient (Wildman–Crippen LogP) is 5.74. The quantitative estimate of drug-likeness (QED) is 0.524. The number of carbonyl (C=O) groups excluding carboxylic acids is 1. The number of rotatable bonds is 3. The number of fused-ring (bicyclic) bond motifs is 5. The third-order valence-corrected chi connectivity index (χ3v) is 7.31. The highest BCUT2D eigenvalue weighted by molar-refractivity contribution is 5.79. The average molecular weight is 438 g/mol. The molecule has 0 radical (unpaired) electrons. The van der Waals surface area contributed by atoms with Crippen molar-refractivity contribution in [2.24, 2.45) is 0 Å². The molecule has 5 nitrogen and oxygen atoms in total. The molecule has 0 saturated carbocycles. The van der Waals surface area contributed by atoms with Gasteiger partial charge >= 0.3 is 6.09 Å². The maximum absolute atomic E-state index is 13.3. The summed E-state index contributed by atoms with van der Waals surface area (Å²) < 4.78 is 6.00. The lowest BCUT2D eigenvalue weighted by Crippen LogP contribution is -2.52. The Morgan fingerprint density at radius 2 is 1.70 bits per heavy atom. The smallest absolute Gasteiger partial charge is 0.410 e. The molecule has 1 aliphatic carbocycles. The minimum Gasteiger partial charge on any atom is -0.448 e. The van der Waals surface area contributed by atoms with Gasteiger partial charge in [0.25, 0.3) is 0 Å². The van der Waals surface area contributed by atoms with E-state index < -0.39 is 0 Å². The predicted molar refractivity (Wildman–Crippen MR) is 128 cm³/mol. The molecule has 2 unspecified atom stereocenters. The summed E-state index contributed by atoms with van der Waals surface area (Å²) in [6, 6.07) is 21.1. The molecular weight excluding hydrogens is 410 g/mol. The summed E-state index contributed by atoms with van der Waals surface area (Å²) in [6.45, 7) is 2.31. The second-order valence-corrected chi connectivity index (χ2v) is 9.32. The third kappa shape index (κ3) is 3.52. The molecule has 3 aromatic rings. The lowest BCUT2D eigenvalue weighted by Gasteiger charge is -2.44. The van der Waals surface area contributed by atoms with Crippen LogP contribution < -0.4 is 0 Å². The molecule has 2 atom stereocenters. The van der Waals surface area contributed by atoms with Crippen molar-refractivity contribution < 1.29 is 9.53 Å². The van der Waals surface area contributed by atoms with Crippen molar-refractivity contribution in [1.29, 1.82) is 0 Å². The van der Waals surface area contributed by atoms with Gasteiger partial charge in [0.2, 0.25) is 0 Å². The summed E-state index contributed by atoms with van der Waals surface area (Å²) in [5.41, 5.74) is 8.00. The van der Waals surface area contributed by atoms with E-state index in [1.54, 1.807) is 0 Å². The number of aromatic nitrogens is 2. The Morgan fingerprint density at radius 1 is 0.970 bits per heavy atom. The highest BCUT2D eigenvalue weighted by atomic mass is 16.6. The first-order chi connectivity index (χ1) is 16.2. The van der Waals surface area contributed by atoms with Crippen LogP contribution in [0.25, 0.3) is 16.7 Å². The van der Waals surface area contributed by atoms with Crippen LogP contribution in [0.1, 0.15) is 54.1 Å². The van der Waals surface area contributed by atoms with Crippen LogP contribution in [0, 0.1) is 6.92 Å². The number of benzene rings is 2. The van der Waals surface area contributed by atoms with E-state index in [9.17, 15) is 4.79 Å². The van der Waals surface area contributed by atoms with E-state index in [-0.39, 0.29) is 24.1 Å². The second kappa shape index (κ2) is 8.14. The lowest BCUT2D eigenvalue weighted by molar-refractivity contribution is 0.0538. The Hall–Kier alpha value is -3.47. The van der Waals surface area contributed by atoms with Gasteiger partial charge in [-0.15, -0.1) is 0 Å². The van der Waals surface area contributed by atoms with Gasteiger partial charge in [-0.05, 0) is 72.6 Å². The van der Waals surface area contributed by atoms with Gasteiger partial charge in [-0.25, -0.2) is 4.79 Å². The van der Waals surface area contributed by atoms with Crippen LogP contribution in [0.5, 0.6) is 0 Å². The third-order valence-electron chi connectivity index (χ3n) is 7.31. The molecular formula is C28H27N3O2. The van der Waals surface area contributed by atoms with Gasteiger partial charge in [-0.3, -0.25) is 4.90 Å². The van der Waals surface area contributed by atoms with Crippen molar-refractivity contribution in [3.63, 3.8) is 0 Å². The first-order valence-electron chi connectivity index (χ1n) is 11.8. The van der Waals surface area contributed by atoms with E-state index in [1.165, 1.54) is 27.8 Å². The Bertz CT molecular complexity index is 1190. The molecule has 2 aromatic carbocycles. The summed E-state index contributed by atoms with van der Waals surface area (Å²) in [4.78, 5) is 15.3. The van der Waals surface area contributed by atoms with Gasteiger partial charge in [-0.1, -0.05) is 54.6 Å². The van der Waals surface area contributed by atoms with Crippen LogP contribution in [-0.2, 0) is 4.74 Å². The molecule has 0 N–H and O–H groups in total. The molecule has 0 spiro atoms. The number of nitrogens with zero attached hydrogens (tertiary/aromatic N) is 3. The zero-order chi connectivity index (χ0) is 22.4. The second-order valence-electron chi connectivity index (χ2n) is 9.32. The summed E-state index contributed by atoms with van der Waals surface area (Å²) in [7, 11) is 0. The molecule has 5 heteroatoms. The fraction of sp³-hybridized carbons (Fsp3) is 0.321. The Labute approximate surface area is 194 Å². The van der Waals surface area contributed by atoms with Gasteiger partial charge in [0.15, 0.2) is 0 Å². The standard InChI is InChI=1S/C28H27N3O2/c1-18-13-14-27(30-29-18)19-15-20-7-6-8-21(16-19)31(20)28(32)33-17-26-24-11-4-2-9-22(24)23-10-3-5-12-25(23)26/h2-5,9-15,20-21,26H,6-8,16-17H2,1H3. The first kappa shape index (κ1) is 20.2. The van der Waals surface area contributed by atoms with E-state index in [1.807, 2.05) is 24.0 Å². The van der Waals surface area contributed by atoms with E-state index in [0.717, 1.165) is 37.1 Å². The number of hydrogen-bond acceptors (Lipinski definition) is 4. The molecule has 166 valence electrons. The SMILES string of the molecule is Cc1ccc(C2=CC3CCCC(C2)N3C(=O)OCC2c3ccccc3-c3ccccc32)nn1. The monoisotopic (exact) mass is 437 g/mol. The van der Waals surface area contributed by atoms with Gasteiger partial charge < -0.3 is 4.74 Å². The molecule has 6 rings (SSSR count). The normalized spacial score (nSPS) is 21.2. The van der Waals surface area contributed by atoms with Crippen molar-refractivity contribution in [1.82, 2.24) is 15.1 Å². The van der Waals surface area contributed by atoms with Crippen LogP contribution in [0.3, 0.4) is 0 Å². The summed E-state index contributed by atoms with van der Waals surface area (Å²) in [5, 5.41) is 8.59. The van der Waals surface area contributed by atoms with Gasteiger partial charge in [-0.2, -0.15) is 10.2 Å². The number of hydrogen-bond donors (Lipinski definition) is 0. The van der Waals surface area contributed by atoms with E-state index in [2.05, 4.69) is 64.8 Å². The number of piperidine rings is 1. The summed E-state index contributed by atoms with van der Waals surface area (Å²) >= 11 is 0. The molecule has 3 heterocycles. The van der Waals surface area contributed by atoms with E-state index in [4.69, 9.17) is 4.74 Å². The Balaban J connectivity index is 1.22. The molecule has 1 saturated heterocycles. The number of amides is 1. The summed E-state index contributed by atoms with van der Waals surface area (Å²) in [6.07, 6.45) is 5.90. The van der Waals surface area contributed by atoms with Gasteiger partial charge in [0.1, 0.15) is 6.61 Å². The number of carbonyl (C=O) groups is 1. The topological polar surface area (TPSA) is 55.3 Å². The van der Waals surface area contributed by atoms with Crippen LogP contribution in [0.15, 0.2) is 66.7 Å². The molecule has 33 heavy (non-hydrogen) atoms. The Kier molecular flexibility index (Phi) is 4.97. The number of ether oxygens (including phenoxy) is 1. The van der Waals surface area contributed by atoms with Crippen molar-refractivity contribution >= 4 is 11.7 Å². The number of aryl methyl sites for hydroxylation is 1. The van der Waals surface area contributed by atoms with Crippen LogP contribution in [0.4, 0.5) is 4.79 Å². The minimum atomic E-state index is -0.197.